The fraction of sp³-hybridized carbons (Fsp3) is 0.130. The van der Waals surface area contributed by atoms with Crippen molar-refractivity contribution < 1.29 is 0 Å². The van der Waals surface area contributed by atoms with E-state index in [1.165, 1.54) is 0 Å². The summed E-state index contributed by atoms with van der Waals surface area (Å²) >= 11 is 5.76. The number of nitrogens with zero attached hydrogens (tertiary/aromatic N) is 5. The second-order valence-corrected chi connectivity index (χ2v) is 7.45. The number of rotatable bonds is 5. The van der Waals surface area contributed by atoms with Gasteiger partial charge in [0, 0.05) is 30.5 Å². The van der Waals surface area contributed by atoms with Crippen LogP contribution in [0.15, 0.2) is 91.5 Å². The van der Waals surface area contributed by atoms with Crippen LogP contribution in [0.2, 0.25) is 0 Å². The summed E-state index contributed by atoms with van der Waals surface area (Å²) in [6.07, 6.45) is 7.46. The first-order valence-corrected chi connectivity index (χ1v) is 10.2. The van der Waals surface area contributed by atoms with Crippen molar-refractivity contribution in [2.24, 2.45) is 0 Å². The molecule has 1 saturated heterocycles. The zero-order chi connectivity index (χ0) is 20.3. The highest BCUT2D eigenvalue weighted by atomic mass is 32.1. The molecule has 0 unspecified atom stereocenters. The Kier molecular flexibility index (Phi) is 4.94. The lowest BCUT2D eigenvalue weighted by molar-refractivity contribution is 0.299. The van der Waals surface area contributed by atoms with E-state index in [4.69, 9.17) is 12.2 Å². The maximum atomic E-state index is 5.76. The van der Waals surface area contributed by atoms with Crippen molar-refractivity contribution in [3.8, 4) is 5.82 Å². The van der Waals surface area contributed by atoms with Crippen molar-refractivity contribution in [1.82, 2.24) is 29.7 Å². The van der Waals surface area contributed by atoms with Crippen LogP contribution >= 0.6 is 12.2 Å². The van der Waals surface area contributed by atoms with Crippen molar-refractivity contribution in [2.75, 3.05) is 0 Å². The van der Waals surface area contributed by atoms with Gasteiger partial charge in [-0.3, -0.25) is 9.97 Å². The van der Waals surface area contributed by atoms with Crippen molar-refractivity contribution in [3.05, 3.63) is 109 Å². The largest absolute Gasteiger partial charge is 0.352 e. The summed E-state index contributed by atoms with van der Waals surface area (Å²) in [7, 11) is 0. The van der Waals surface area contributed by atoms with Gasteiger partial charge in [-0.1, -0.05) is 18.2 Å². The van der Waals surface area contributed by atoms with Crippen LogP contribution < -0.4 is 5.32 Å². The lowest BCUT2D eigenvalue weighted by Gasteiger charge is -2.28. The Hall–Kier alpha value is -3.58. The molecule has 0 aliphatic carbocycles. The highest BCUT2D eigenvalue weighted by Crippen LogP contribution is 2.40. The Morgan fingerprint density at radius 3 is 2.30 bits per heavy atom. The number of hydrogen-bond acceptors (Lipinski definition) is 4. The van der Waals surface area contributed by atoms with Gasteiger partial charge >= 0.3 is 0 Å². The highest BCUT2D eigenvalue weighted by molar-refractivity contribution is 7.80. The molecule has 4 aromatic heterocycles. The summed E-state index contributed by atoms with van der Waals surface area (Å²) in [5.74, 6) is 0.868. The molecule has 2 atom stereocenters. The second kappa shape index (κ2) is 8.04. The zero-order valence-corrected chi connectivity index (χ0v) is 17.0. The molecule has 0 saturated carbocycles. The third-order valence-electron chi connectivity index (χ3n) is 5.24. The number of thiocarbonyl (C=S) groups is 1. The number of nitrogens with one attached hydrogen (secondary N) is 1. The second-order valence-electron chi connectivity index (χ2n) is 7.07. The fourth-order valence-electron chi connectivity index (χ4n) is 3.90. The molecule has 0 radical (unpaired) electrons. The Bertz CT molecular complexity index is 1130. The maximum absolute atomic E-state index is 5.76. The molecule has 0 aromatic carbocycles. The summed E-state index contributed by atoms with van der Waals surface area (Å²) in [4.78, 5) is 15.8. The average Bonchev–Trinajstić information content (AvgIpc) is 3.40. The van der Waals surface area contributed by atoms with Crippen LogP contribution in [0, 0.1) is 0 Å². The van der Waals surface area contributed by atoms with Crippen LogP contribution in [0.5, 0.6) is 0 Å². The van der Waals surface area contributed by atoms with Gasteiger partial charge in [-0.15, -0.1) is 0 Å². The topological polar surface area (TPSA) is 58.9 Å². The third kappa shape index (κ3) is 3.44. The first-order valence-electron chi connectivity index (χ1n) is 9.78. The van der Waals surface area contributed by atoms with E-state index in [1.54, 1.807) is 6.20 Å². The standard InChI is InChI=1S/C23H20N6S/c30-23-27-21(18-9-2-5-13-25-18)22(29(23)16-17-8-1-4-12-24-17)19-10-7-15-28(19)20-11-3-6-14-26-20/h1-15,21-22H,16H2,(H,27,30)/t21-,22+/m0/s1. The van der Waals surface area contributed by atoms with Gasteiger partial charge < -0.3 is 14.8 Å². The molecule has 5 heterocycles. The molecule has 0 amide bonds. The average molecular weight is 413 g/mol. The molecular weight excluding hydrogens is 392 g/mol. The van der Waals surface area contributed by atoms with Crippen LogP contribution in [-0.2, 0) is 6.54 Å². The molecule has 7 heteroatoms. The van der Waals surface area contributed by atoms with Crippen LogP contribution in [0.3, 0.4) is 0 Å². The molecule has 4 aromatic rings. The van der Waals surface area contributed by atoms with E-state index in [0.717, 1.165) is 22.9 Å². The van der Waals surface area contributed by atoms with Gasteiger partial charge in [-0.2, -0.15) is 0 Å². The number of hydrogen-bond donors (Lipinski definition) is 1. The summed E-state index contributed by atoms with van der Waals surface area (Å²) in [5.41, 5.74) is 3.00. The van der Waals surface area contributed by atoms with E-state index in [1.807, 2.05) is 79.3 Å². The fourth-order valence-corrected chi connectivity index (χ4v) is 4.21. The first-order chi connectivity index (χ1) is 14.8. The summed E-state index contributed by atoms with van der Waals surface area (Å²) in [5, 5.41) is 4.18. The lowest BCUT2D eigenvalue weighted by Crippen LogP contribution is -2.30. The molecule has 0 bridgehead atoms. The van der Waals surface area contributed by atoms with Crippen LogP contribution in [0.1, 0.15) is 29.2 Å². The SMILES string of the molecule is S=C1N[C@@H](c2ccccn2)[C@@H](c2cccn2-c2ccccn2)N1Cc1ccccn1. The zero-order valence-electron chi connectivity index (χ0n) is 16.2. The van der Waals surface area contributed by atoms with Crippen molar-refractivity contribution >= 4 is 17.3 Å². The van der Waals surface area contributed by atoms with E-state index >= 15 is 0 Å². The molecule has 1 aliphatic heterocycles. The smallest absolute Gasteiger partial charge is 0.170 e. The minimum Gasteiger partial charge on any atom is -0.352 e. The van der Waals surface area contributed by atoms with Gasteiger partial charge in [0.05, 0.1) is 30.0 Å². The van der Waals surface area contributed by atoms with Crippen molar-refractivity contribution in [3.63, 3.8) is 0 Å². The minimum absolute atomic E-state index is 0.0635. The molecule has 148 valence electrons. The Labute approximate surface area is 180 Å². The molecule has 0 spiro atoms. The van der Waals surface area contributed by atoms with E-state index in [0.29, 0.717) is 11.7 Å². The normalized spacial score (nSPS) is 18.4. The Morgan fingerprint density at radius 2 is 1.60 bits per heavy atom. The number of aromatic nitrogens is 4. The van der Waals surface area contributed by atoms with Gasteiger partial charge in [0.2, 0.25) is 0 Å². The van der Waals surface area contributed by atoms with Gasteiger partial charge in [-0.05, 0) is 60.7 Å². The molecule has 1 fully saturated rings. The van der Waals surface area contributed by atoms with E-state index < -0.39 is 0 Å². The quantitative estimate of drug-likeness (QED) is 0.503. The van der Waals surface area contributed by atoms with E-state index in [-0.39, 0.29) is 12.1 Å². The third-order valence-corrected chi connectivity index (χ3v) is 5.59. The van der Waals surface area contributed by atoms with Gasteiger partial charge in [-0.25, -0.2) is 4.98 Å². The van der Waals surface area contributed by atoms with Crippen LogP contribution in [0.4, 0.5) is 0 Å². The summed E-state index contributed by atoms with van der Waals surface area (Å²) < 4.78 is 2.11. The summed E-state index contributed by atoms with van der Waals surface area (Å²) in [6, 6.07) is 21.8. The molecule has 1 N–H and O–H groups in total. The summed E-state index contributed by atoms with van der Waals surface area (Å²) in [6.45, 7) is 0.605. The van der Waals surface area contributed by atoms with E-state index in [9.17, 15) is 0 Å². The van der Waals surface area contributed by atoms with Crippen LogP contribution in [-0.4, -0.2) is 29.5 Å². The molecular formula is C23H20N6S. The first kappa shape index (κ1) is 18.4. The lowest BCUT2D eigenvalue weighted by atomic mass is 10.0. The maximum Gasteiger partial charge on any atom is 0.170 e. The Morgan fingerprint density at radius 1 is 0.833 bits per heavy atom. The van der Waals surface area contributed by atoms with Crippen LogP contribution in [0.25, 0.3) is 5.82 Å². The molecule has 1 aliphatic rings. The van der Waals surface area contributed by atoms with Gasteiger partial charge in [0.15, 0.2) is 5.11 Å². The van der Waals surface area contributed by atoms with Gasteiger partial charge in [0.25, 0.3) is 0 Å². The monoisotopic (exact) mass is 412 g/mol. The highest BCUT2D eigenvalue weighted by Gasteiger charge is 2.41. The van der Waals surface area contributed by atoms with Crippen molar-refractivity contribution in [1.29, 1.82) is 0 Å². The Balaban J connectivity index is 1.60. The minimum atomic E-state index is -0.0835. The van der Waals surface area contributed by atoms with E-state index in [2.05, 4.69) is 35.8 Å². The van der Waals surface area contributed by atoms with Crippen molar-refractivity contribution in [2.45, 2.75) is 18.6 Å². The molecule has 30 heavy (non-hydrogen) atoms. The molecule has 5 rings (SSSR count). The predicted molar refractivity (Wildman–Crippen MR) is 119 cm³/mol. The number of pyridine rings is 3. The van der Waals surface area contributed by atoms with Gasteiger partial charge in [0.1, 0.15) is 5.82 Å². The molecule has 6 nitrogen and oxygen atoms in total. The predicted octanol–water partition coefficient (Wildman–Crippen LogP) is 3.84.